The maximum Gasteiger partial charge on any atom is 0.0601 e. The van der Waals surface area contributed by atoms with Crippen molar-refractivity contribution in [2.45, 2.75) is 41.7 Å². The van der Waals surface area contributed by atoms with Crippen molar-refractivity contribution in [1.82, 2.24) is 5.32 Å². The minimum absolute atomic E-state index is 0.702. The van der Waals surface area contributed by atoms with E-state index in [2.05, 4.69) is 48.6 Å². The SMILES string of the molecule is CNC1CCC(C)CC1Sc1cccs1. The van der Waals surface area contributed by atoms with Crippen LogP contribution in [0.2, 0.25) is 0 Å². The van der Waals surface area contributed by atoms with Crippen molar-refractivity contribution in [2.24, 2.45) is 5.92 Å². The molecule has 1 aliphatic rings. The summed E-state index contributed by atoms with van der Waals surface area (Å²) in [4.78, 5) is 0. The zero-order valence-corrected chi connectivity index (χ0v) is 11.0. The van der Waals surface area contributed by atoms with E-state index in [1.54, 1.807) is 0 Å². The molecule has 0 saturated heterocycles. The van der Waals surface area contributed by atoms with Gasteiger partial charge in [-0.1, -0.05) is 13.0 Å². The molecule has 0 amide bonds. The second-order valence-corrected chi connectivity index (χ2v) is 6.89. The molecular formula is C12H19NS2. The number of hydrogen-bond acceptors (Lipinski definition) is 3. The summed E-state index contributed by atoms with van der Waals surface area (Å²) in [5.41, 5.74) is 0. The van der Waals surface area contributed by atoms with Crippen LogP contribution in [-0.4, -0.2) is 18.3 Å². The quantitative estimate of drug-likeness (QED) is 0.867. The lowest BCUT2D eigenvalue weighted by atomic mass is 9.87. The third-order valence-corrected chi connectivity index (χ3v) is 5.62. The van der Waals surface area contributed by atoms with Crippen LogP contribution in [0.3, 0.4) is 0 Å². The summed E-state index contributed by atoms with van der Waals surface area (Å²) in [6, 6.07) is 5.09. The van der Waals surface area contributed by atoms with Gasteiger partial charge in [-0.05, 0) is 43.7 Å². The first-order chi connectivity index (χ1) is 7.29. The zero-order valence-electron chi connectivity index (χ0n) is 9.40. The van der Waals surface area contributed by atoms with Crippen LogP contribution in [0, 0.1) is 5.92 Å². The van der Waals surface area contributed by atoms with Gasteiger partial charge >= 0.3 is 0 Å². The predicted octanol–water partition coefficient (Wildman–Crippen LogP) is 3.62. The smallest absolute Gasteiger partial charge is 0.0601 e. The van der Waals surface area contributed by atoms with E-state index >= 15 is 0 Å². The molecule has 3 atom stereocenters. The lowest BCUT2D eigenvalue weighted by molar-refractivity contribution is 0.329. The van der Waals surface area contributed by atoms with Gasteiger partial charge in [0.2, 0.25) is 0 Å². The molecule has 1 heterocycles. The lowest BCUT2D eigenvalue weighted by Crippen LogP contribution is -2.40. The minimum Gasteiger partial charge on any atom is -0.316 e. The first-order valence-corrected chi connectivity index (χ1v) is 7.43. The Morgan fingerprint density at radius 2 is 2.33 bits per heavy atom. The molecule has 1 saturated carbocycles. The van der Waals surface area contributed by atoms with E-state index in [0.29, 0.717) is 6.04 Å². The third-order valence-electron chi connectivity index (χ3n) is 3.19. The normalized spacial score (nSPS) is 31.7. The molecule has 3 heteroatoms. The number of rotatable bonds is 3. The zero-order chi connectivity index (χ0) is 10.7. The summed E-state index contributed by atoms with van der Waals surface area (Å²) in [7, 11) is 2.10. The Morgan fingerprint density at radius 3 is 3.00 bits per heavy atom. The average Bonchev–Trinajstić information content (AvgIpc) is 2.71. The lowest BCUT2D eigenvalue weighted by Gasteiger charge is -2.33. The van der Waals surface area contributed by atoms with E-state index in [0.717, 1.165) is 11.2 Å². The van der Waals surface area contributed by atoms with Crippen LogP contribution >= 0.6 is 23.1 Å². The number of nitrogens with one attached hydrogen (secondary N) is 1. The monoisotopic (exact) mass is 241 g/mol. The highest BCUT2D eigenvalue weighted by Gasteiger charge is 2.28. The number of thiophene rings is 1. The molecular weight excluding hydrogens is 222 g/mol. The van der Waals surface area contributed by atoms with Crippen molar-refractivity contribution >= 4 is 23.1 Å². The van der Waals surface area contributed by atoms with E-state index in [9.17, 15) is 0 Å². The van der Waals surface area contributed by atoms with Crippen molar-refractivity contribution in [1.29, 1.82) is 0 Å². The second kappa shape index (κ2) is 5.37. The molecule has 1 aromatic heterocycles. The summed E-state index contributed by atoms with van der Waals surface area (Å²) < 4.78 is 1.47. The fourth-order valence-electron chi connectivity index (χ4n) is 2.27. The van der Waals surface area contributed by atoms with Gasteiger partial charge in [0.1, 0.15) is 0 Å². The summed E-state index contributed by atoms with van der Waals surface area (Å²) in [5, 5.41) is 6.40. The summed E-state index contributed by atoms with van der Waals surface area (Å²) in [6.45, 7) is 2.38. The van der Waals surface area contributed by atoms with Crippen LogP contribution in [0.4, 0.5) is 0 Å². The molecule has 1 aromatic rings. The molecule has 1 N–H and O–H groups in total. The van der Waals surface area contributed by atoms with E-state index < -0.39 is 0 Å². The van der Waals surface area contributed by atoms with Gasteiger partial charge in [0.05, 0.1) is 4.21 Å². The van der Waals surface area contributed by atoms with Crippen LogP contribution < -0.4 is 5.32 Å². The Bertz CT molecular complexity index is 284. The largest absolute Gasteiger partial charge is 0.316 e. The van der Waals surface area contributed by atoms with Crippen molar-refractivity contribution in [2.75, 3.05) is 7.05 Å². The molecule has 2 rings (SSSR count). The Labute approximate surface area is 101 Å². The van der Waals surface area contributed by atoms with Crippen LogP contribution in [0.25, 0.3) is 0 Å². The molecule has 1 nitrogen and oxygen atoms in total. The Morgan fingerprint density at radius 1 is 1.47 bits per heavy atom. The molecule has 0 bridgehead atoms. The van der Waals surface area contributed by atoms with Crippen molar-refractivity contribution in [3.05, 3.63) is 17.5 Å². The maximum absolute atomic E-state index is 3.47. The van der Waals surface area contributed by atoms with Gasteiger partial charge in [-0.2, -0.15) is 0 Å². The third kappa shape index (κ3) is 2.99. The van der Waals surface area contributed by atoms with Crippen molar-refractivity contribution in [3.8, 4) is 0 Å². The highest BCUT2D eigenvalue weighted by molar-refractivity contribution is 8.01. The standard InChI is InChI=1S/C12H19NS2/c1-9-5-6-10(13-2)11(8-9)15-12-4-3-7-14-12/h3-4,7,9-11,13H,5-6,8H2,1-2H3. The van der Waals surface area contributed by atoms with Gasteiger partial charge in [0.15, 0.2) is 0 Å². The molecule has 1 fully saturated rings. The second-order valence-electron chi connectivity index (χ2n) is 4.40. The van der Waals surface area contributed by atoms with Gasteiger partial charge in [0, 0.05) is 11.3 Å². The van der Waals surface area contributed by atoms with E-state index in [1.165, 1.54) is 23.5 Å². The highest BCUT2D eigenvalue weighted by Crippen LogP contribution is 2.37. The Kier molecular flexibility index (Phi) is 4.12. The topological polar surface area (TPSA) is 12.0 Å². The van der Waals surface area contributed by atoms with E-state index in [1.807, 2.05) is 11.3 Å². The molecule has 15 heavy (non-hydrogen) atoms. The van der Waals surface area contributed by atoms with Crippen LogP contribution in [0.15, 0.2) is 21.7 Å². The first-order valence-electron chi connectivity index (χ1n) is 5.67. The maximum atomic E-state index is 3.47. The minimum atomic E-state index is 0.702. The van der Waals surface area contributed by atoms with Gasteiger partial charge in [-0.3, -0.25) is 0 Å². The van der Waals surface area contributed by atoms with Crippen LogP contribution in [0.1, 0.15) is 26.2 Å². The fourth-order valence-corrected chi connectivity index (χ4v) is 4.79. The highest BCUT2D eigenvalue weighted by atomic mass is 32.2. The van der Waals surface area contributed by atoms with Gasteiger partial charge < -0.3 is 5.32 Å². The van der Waals surface area contributed by atoms with Crippen molar-refractivity contribution < 1.29 is 0 Å². The first kappa shape index (κ1) is 11.5. The van der Waals surface area contributed by atoms with E-state index in [4.69, 9.17) is 0 Å². The molecule has 0 aliphatic heterocycles. The molecule has 0 radical (unpaired) electrons. The number of thioether (sulfide) groups is 1. The summed E-state index contributed by atoms with van der Waals surface area (Å²) >= 11 is 3.93. The van der Waals surface area contributed by atoms with E-state index in [-0.39, 0.29) is 0 Å². The van der Waals surface area contributed by atoms with Gasteiger partial charge in [-0.25, -0.2) is 0 Å². The summed E-state index contributed by atoms with van der Waals surface area (Å²) in [6.07, 6.45) is 4.07. The molecule has 0 aromatic carbocycles. The molecule has 84 valence electrons. The van der Waals surface area contributed by atoms with Crippen LogP contribution in [-0.2, 0) is 0 Å². The fraction of sp³-hybridized carbons (Fsp3) is 0.667. The molecule has 3 unspecified atom stereocenters. The Balaban J connectivity index is 1.98. The number of hydrogen-bond donors (Lipinski definition) is 1. The molecule has 1 aliphatic carbocycles. The average molecular weight is 241 g/mol. The van der Waals surface area contributed by atoms with Gasteiger partial charge in [0.25, 0.3) is 0 Å². The Hall–Kier alpha value is 0.01000. The van der Waals surface area contributed by atoms with Crippen LogP contribution in [0.5, 0.6) is 0 Å². The predicted molar refractivity (Wildman–Crippen MR) is 69.8 cm³/mol. The van der Waals surface area contributed by atoms with Crippen molar-refractivity contribution in [3.63, 3.8) is 0 Å². The van der Waals surface area contributed by atoms with Gasteiger partial charge in [-0.15, -0.1) is 23.1 Å². The summed E-state index contributed by atoms with van der Waals surface area (Å²) in [5.74, 6) is 0.895. The molecule has 0 spiro atoms.